The Hall–Kier alpha value is -4.37. The molecule has 0 saturated carbocycles. The molecule has 1 radical (unpaired) electrons. The Labute approximate surface area is 286 Å². The van der Waals surface area contributed by atoms with E-state index in [1.165, 1.54) is 22.3 Å². The van der Waals surface area contributed by atoms with Gasteiger partial charge in [-0.3, -0.25) is 0 Å². The van der Waals surface area contributed by atoms with Gasteiger partial charge in [-0.05, 0) is 57.1 Å². The summed E-state index contributed by atoms with van der Waals surface area (Å²) in [6.07, 6.45) is 3.75. The van der Waals surface area contributed by atoms with Gasteiger partial charge in [-0.2, -0.15) is 0 Å². The molecule has 0 aliphatic rings. The van der Waals surface area contributed by atoms with Crippen LogP contribution < -0.4 is 0 Å². The molecular formula is C42H38IrN2O-2. The molecule has 233 valence electrons. The van der Waals surface area contributed by atoms with Gasteiger partial charge in [0.05, 0.1) is 5.58 Å². The number of furan rings is 1. The van der Waals surface area contributed by atoms with Crippen molar-refractivity contribution in [1.82, 2.24) is 9.97 Å². The Kier molecular flexibility index (Phi) is 9.72. The average Bonchev–Trinajstić information content (AvgIpc) is 3.44. The second kappa shape index (κ2) is 13.5. The molecular weight excluding hydrogens is 741 g/mol. The van der Waals surface area contributed by atoms with E-state index in [1.54, 1.807) is 0 Å². The van der Waals surface area contributed by atoms with Crippen LogP contribution in [0.25, 0.3) is 55.6 Å². The summed E-state index contributed by atoms with van der Waals surface area (Å²) in [6, 6.07) is 43.8. The third-order valence-corrected chi connectivity index (χ3v) is 8.03. The number of rotatable bonds is 3. The number of hydrogen-bond acceptors (Lipinski definition) is 3. The fourth-order valence-electron chi connectivity index (χ4n) is 5.38. The van der Waals surface area contributed by atoms with Crippen molar-refractivity contribution in [3.63, 3.8) is 0 Å². The smallest absolute Gasteiger partial charge is 0.120 e. The van der Waals surface area contributed by atoms with Gasteiger partial charge in [0.1, 0.15) is 5.58 Å². The van der Waals surface area contributed by atoms with E-state index in [4.69, 9.17) is 4.42 Å². The maximum atomic E-state index is 6.09. The van der Waals surface area contributed by atoms with E-state index in [0.29, 0.717) is 0 Å². The Morgan fingerprint density at radius 3 is 1.87 bits per heavy atom. The predicted octanol–water partition coefficient (Wildman–Crippen LogP) is 11.3. The summed E-state index contributed by atoms with van der Waals surface area (Å²) in [5.41, 5.74) is 10.7. The summed E-state index contributed by atoms with van der Waals surface area (Å²) in [6.45, 7) is 13.3. The first-order chi connectivity index (χ1) is 21.6. The summed E-state index contributed by atoms with van der Waals surface area (Å²) in [5, 5.41) is 2.24. The second-order valence-electron chi connectivity index (χ2n) is 13.4. The summed E-state index contributed by atoms with van der Waals surface area (Å²) < 4.78 is 6.09. The van der Waals surface area contributed by atoms with E-state index in [-0.39, 0.29) is 30.9 Å². The molecule has 0 saturated heterocycles. The van der Waals surface area contributed by atoms with Gasteiger partial charge >= 0.3 is 0 Å². The normalized spacial score (nSPS) is 11.5. The third-order valence-electron chi connectivity index (χ3n) is 8.03. The molecule has 0 unspecified atom stereocenters. The molecule has 7 rings (SSSR count). The van der Waals surface area contributed by atoms with Crippen LogP contribution in [0.15, 0.2) is 126 Å². The second-order valence-corrected chi connectivity index (χ2v) is 13.4. The number of para-hydroxylation sites is 1. The van der Waals surface area contributed by atoms with Crippen molar-refractivity contribution >= 4 is 21.9 Å². The van der Waals surface area contributed by atoms with Gasteiger partial charge in [0.25, 0.3) is 0 Å². The van der Waals surface area contributed by atoms with Crippen LogP contribution in [-0.2, 0) is 30.9 Å². The molecule has 0 bridgehead atoms. The molecule has 3 heterocycles. The molecule has 0 amide bonds. The molecule has 3 aromatic heterocycles. The van der Waals surface area contributed by atoms with Crippen molar-refractivity contribution in [3.05, 3.63) is 145 Å². The van der Waals surface area contributed by atoms with Crippen LogP contribution >= 0.6 is 0 Å². The molecule has 4 aromatic carbocycles. The molecule has 0 aliphatic heterocycles. The SMILES string of the molecule is CC(C)(C)c1ccnc(-c2[c-]ccc(-c3ccccc3)c2)c1.CC(C)(C)c1ccnc(-c2[c-]ccc3c2oc2ccccc23)c1.[Ir]. The topological polar surface area (TPSA) is 38.9 Å². The van der Waals surface area contributed by atoms with Crippen LogP contribution in [0.1, 0.15) is 52.7 Å². The third kappa shape index (κ3) is 7.20. The first-order valence-electron chi connectivity index (χ1n) is 15.4. The summed E-state index contributed by atoms with van der Waals surface area (Å²) in [5.74, 6) is 0. The fraction of sp³-hybridized carbons (Fsp3) is 0.190. The molecule has 46 heavy (non-hydrogen) atoms. The Morgan fingerprint density at radius 1 is 0.565 bits per heavy atom. The van der Waals surface area contributed by atoms with E-state index >= 15 is 0 Å². The maximum Gasteiger partial charge on any atom is 0.120 e. The van der Waals surface area contributed by atoms with E-state index in [2.05, 4.69) is 136 Å². The summed E-state index contributed by atoms with van der Waals surface area (Å²) in [7, 11) is 0. The largest absolute Gasteiger partial charge is 0.501 e. The molecule has 0 N–H and O–H groups in total. The van der Waals surface area contributed by atoms with Gasteiger partial charge in [-0.15, -0.1) is 53.6 Å². The van der Waals surface area contributed by atoms with Crippen LogP contribution in [0.3, 0.4) is 0 Å². The minimum Gasteiger partial charge on any atom is -0.501 e. The van der Waals surface area contributed by atoms with Crippen molar-refractivity contribution in [3.8, 4) is 33.6 Å². The van der Waals surface area contributed by atoms with Gasteiger partial charge < -0.3 is 14.4 Å². The number of nitrogens with zero attached hydrogens (tertiary/aromatic N) is 2. The number of fused-ring (bicyclic) bond motifs is 3. The Balaban J connectivity index is 0.000000178. The zero-order valence-corrected chi connectivity index (χ0v) is 29.6. The van der Waals surface area contributed by atoms with Crippen molar-refractivity contribution < 1.29 is 24.5 Å². The van der Waals surface area contributed by atoms with Crippen LogP contribution in [-0.4, -0.2) is 9.97 Å². The number of hydrogen-bond donors (Lipinski definition) is 0. The van der Waals surface area contributed by atoms with Crippen molar-refractivity contribution in [2.45, 2.75) is 52.4 Å². The molecule has 3 nitrogen and oxygen atoms in total. The van der Waals surface area contributed by atoms with E-state index in [9.17, 15) is 0 Å². The standard InChI is InChI=1S/C21H18NO.C21H20N.Ir/c1-21(2,3)14-11-12-22-18(13-14)17-9-6-8-16-15-7-4-5-10-19(15)23-20(16)17;1-21(2,3)19-12-13-22-20(15-19)18-11-7-10-17(14-18)16-8-5-4-6-9-16;/h4-8,10-13H,1-3H3;4-10,12-15H,1-3H3;/q2*-1;. The minimum absolute atomic E-state index is 0. The monoisotopic (exact) mass is 779 g/mol. The number of benzene rings is 4. The van der Waals surface area contributed by atoms with Crippen LogP contribution in [0, 0.1) is 12.1 Å². The van der Waals surface area contributed by atoms with Gasteiger partial charge in [0, 0.05) is 37.9 Å². The van der Waals surface area contributed by atoms with Crippen molar-refractivity contribution in [2.75, 3.05) is 0 Å². The maximum absolute atomic E-state index is 6.09. The van der Waals surface area contributed by atoms with Gasteiger partial charge in [-0.1, -0.05) is 113 Å². The molecule has 7 aromatic rings. The van der Waals surface area contributed by atoms with E-state index < -0.39 is 0 Å². The zero-order chi connectivity index (χ0) is 31.6. The molecule has 0 fully saturated rings. The average molecular weight is 779 g/mol. The van der Waals surface area contributed by atoms with Crippen molar-refractivity contribution in [2.24, 2.45) is 0 Å². The van der Waals surface area contributed by atoms with E-state index in [1.807, 2.05) is 48.8 Å². The zero-order valence-electron chi connectivity index (χ0n) is 27.2. The fourth-order valence-corrected chi connectivity index (χ4v) is 5.38. The van der Waals surface area contributed by atoms with E-state index in [0.717, 1.165) is 44.5 Å². The Bertz CT molecular complexity index is 2080. The molecule has 0 atom stereocenters. The van der Waals surface area contributed by atoms with Crippen molar-refractivity contribution in [1.29, 1.82) is 0 Å². The molecule has 0 spiro atoms. The predicted molar refractivity (Wildman–Crippen MR) is 187 cm³/mol. The van der Waals surface area contributed by atoms with Gasteiger partial charge in [0.15, 0.2) is 0 Å². The van der Waals surface area contributed by atoms with Crippen LogP contribution in [0.4, 0.5) is 0 Å². The van der Waals surface area contributed by atoms with Gasteiger partial charge in [0.2, 0.25) is 0 Å². The number of pyridine rings is 2. The quantitative estimate of drug-likeness (QED) is 0.168. The van der Waals surface area contributed by atoms with Crippen LogP contribution in [0.2, 0.25) is 0 Å². The first kappa shape index (κ1) is 33.0. The van der Waals surface area contributed by atoms with Gasteiger partial charge in [-0.25, -0.2) is 0 Å². The summed E-state index contributed by atoms with van der Waals surface area (Å²) >= 11 is 0. The summed E-state index contributed by atoms with van der Waals surface area (Å²) in [4.78, 5) is 9.08. The first-order valence-corrected chi connectivity index (χ1v) is 15.4. The Morgan fingerprint density at radius 2 is 1.17 bits per heavy atom. The molecule has 0 aliphatic carbocycles. The minimum atomic E-state index is 0. The van der Waals surface area contributed by atoms with Crippen LogP contribution in [0.5, 0.6) is 0 Å². The number of aromatic nitrogens is 2. The molecule has 4 heteroatoms.